The number of hydrogen-bond acceptors (Lipinski definition) is 4. The number of ether oxygens (including phenoxy) is 1. The van der Waals surface area contributed by atoms with Crippen molar-refractivity contribution in [2.75, 3.05) is 32.0 Å². The zero-order chi connectivity index (χ0) is 14.4. The van der Waals surface area contributed by atoms with Gasteiger partial charge in [0.2, 0.25) is 0 Å². The third-order valence-electron chi connectivity index (χ3n) is 3.39. The molecule has 3 N–H and O–H groups in total. The van der Waals surface area contributed by atoms with Gasteiger partial charge in [0.15, 0.2) is 6.61 Å². The summed E-state index contributed by atoms with van der Waals surface area (Å²) in [6, 6.07) is 7.18. The molecule has 5 heteroatoms. The Morgan fingerprint density at radius 1 is 1.35 bits per heavy atom. The molecule has 0 aliphatic carbocycles. The smallest absolute Gasteiger partial charge is 0.258 e. The lowest BCUT2D eigenvalue weighted by Crippen LogP contribution is -2.42. The van der Waals surface area contributed by atoms with Gasteiger partial charge in [0.1, 0.15) is 5.75 Å². The number of nitrogens with zero attached hydrogens (tertiary/aromatic N) is 1. The highest BCUT2D eigenvalue weighted by Gasteiger charge is 2.16. The lowest BCUT2D eigenvalue weighted by Gasteiger charge is -2.21. The summed E-state index contributed by atoms with van der Waals surface area (Å²) >= 11 is 0. The largest absolute Gasteiger partial charge is 0.484 e. The summed E-state index contributed by atoms with van der Waals surface area (Å²) in [5.41, 5.74) is 6.27. The number of nitrogen functional groups attached to an aromatic ring is 1. The Morgan fingerprint density at radius 2 is 2.00 bits per heavy atom. The topological polar surface area (TPSA) is 67.6 Å². The first-order valence-corrected chi connectivity index (χ1v) is 7.13. The first-order valence-electron chi connectivity index (χ1n) is 7.13. The molecule has 5 nitrogen and oxygen atoms in total. The molecule has 0 radical (unpaired) electrons. The van der Waals surface area contributed by atoms with Gasteiger partial charge in [0.25, 0.3) is 5.91 Å². The Hall–Kier alpha value is -1.75. The number of hydrogen-bond donors (Lipinski definition) is 2. The van der Waals surface area contributed by atoms with Crippen LogP contribution in [0.1, 0.15) is 19.8 Å². The van der Waals surface area contributed by atoms with Gasteiger partial charge in [-0.05, 0) is 57.1 Å². The van der Waals surface area contributed by atoms with Crippen LogP contribution >= 0.6 is 0 Å². The molecular formula is C15H23N3O2. The van der Waals surface area contributed by atoms with Crippen molar-refractivity contribution >= 4 is 11.6 Å². The number of nitrogens with two attached hydrogens (primary N) is 1. The van der Waals surface area contributed by atoms with E-state index in [9.17, 15) is 4.79 Å². The molecule has 1 unspecified atom stereocenters. The van der Waals surface area contributed by atoms with Crippen LogP contribution in [0, 0.1) is 0 Å². The van der Waals surface area contributed by atoms with E-state index in [2.05, 4.69) is 10.2 Å². The van der Waals surface area contributed by atoms with Gasteiger partial charge in [-0.15, -0.1) is 0 Å². The van der Waals surface area contributed by atoms with Crippen LogP contribution in [0.4, 0.5) is 5.69 Å². The molecule has 2 rings (SSSR count). The van der Waals surface area contributed by atoms with Crippen LogP contribution in [0.3, 0.4) is 0 Å². The molecule has 20 heavy (non-hydrogen) atoms. The van der Waals surface area contributed by atoms with Gasteiger partial charge in [-0.3, -0.25) is 4.79 Å². The van der Waals surface area contributed by atoms with Gasteiger partial charge >= 0.3 is 0 Å². The predicted octanol–water partition coefficient (Wildman–Crippen LogP) is 1.25. The van der Waals surface area contributed by atoms with Crippen molar-refractivity contribution in [2.24, 2.45) is 0 Å². The first kappa shape index (κ1) is 14.7. The minimum absolute atomic E-state index is 0.0360. The molecule has 1 atom stereocenters. The molecule has 1 fully saturated rings. The number of carbonyl (C=O) groups is 1. The summed E-state index contributed by atoms with van der Waals surface area (Å²) in [7, 11) is 0. The quantitative estimate of drug-likeness (QED) is 0.768. The molecule has 1 amide bonds. The maximum absolute atomic E-state index is 11.8. The van der Waals surface area contributed by atoms with Crippen molar-refractivity contribution in [2.45, 2.75) is 25.8 Å². The van der Waals surface area contributed by atoms with E-state index in [1.807, 2.05) is 6.92 Å². The van der Waals surface area contributed by atoms with Crippen LogP contribution in [-0.4, -0.2) is 43.1 Å². The van der Waals surface area contributed by atoms with Crippen LogP contribution in [0.15, 0.2) is 24.3 Å². The molecule has 0 saturated carbocycles. The summed E-state index contributed by atoms with van der Waals surface area (Å²) < 4.78 is 5.41. The molecule has 1 aliphatic heterocycles. The van der Waals surface area contributed by atoms with Crippen LogP contribution in [0.25, 0.3) is 0 Å². The summed E-state index contributed by atoms with van der Waals surface area (Å²) in [6.45, 7) is 5.26. The maximum Gasteiger partial charge on any atom is 0.258 e. The molecule has 1 saturated heterocycles. The molecule has 0 aromatic heterocycles. The van der Waals surface area contributed by atoms with Crippen molar-refractivity contribution < 1.29 is 9.53 Å². The highest BCUT2D eigenvalue weighted by molar-refractivity contribution is 5.77. The van der Waals surface area contributed by atoms with Gasteiger partial charge in [-0.2, -0.15) is 0 Å². The number of likely N-dealkylation sites (tertiary alicyclic amines) is 1. The number of amides is 1. The second kappa shape index (κ2) is 7.14. The Bertz CT molecular complexity index is 427. The zero-order valence-electron chi connectivity index (χ0n) is 12.0. The van der Waals surface area contributed by atoms with Gasteiger partial charge < -0.3 is 20.7 Å². The average molecular weight is 277 g/mol. The summed E-state index contributed by atoms with van der Waals surface area (Å²) in [5, 5.41) is 2.96. The van der Waals surface area contributed by atoms with Crippen molar-refractivity contribution in [1.29, 1.82) is 0 Å². The van der Waals surface area contributed by atoms with E-state index < -0.39 is 0 Å². The molecular weight excluding hydrogens is 254 g/mol. The lowest BCUT2D eigenvalue weighted by atomic mass is 10.3. The minimum Gasteiger partial charge on any atom is -0.484 e. The number of nitrogens with one attached hydrogen (secondary N) is 1. The zero-order valence-corrected chi connectivity index (χ0v) is 12.0. The van der Waals surface area contributed by atoms with E-state index in [0.29, 0.717) is 11.4 Å². The standard InChI is InChI=1S/C15H23N3O2/c1-12(10-18-8-2-3-9-18)17-15(19)11-20-14-6-4-13(16)5-7-14/h4-7,12H,2-3,8-11,16H2,1H3,(H,17,19). The first-order chi connectivity index (χ1) is 9.63. The average Bonchev–Trinajstić information content (AvgIpc) is 2.90. The normalized spacial score (nSPS) is 16.9. The second-order valence-electron chi connectivity index (χ2n) is 5.33. The van der Waals surface area contributed by atoms with Crippen LogP contribution < -0.4 is 15.8 Å². The molecule has 0 bridgehead atoms. The fourth-order valence-electron chi connectivity index (χ4n) is 2.43. The third-order valence-corrected chi connectivity index (χ3v) is 3.39. The van der Waals surface area contributed by atoms with Crippen molar-refractivity contribution in [3.63, 3.8) is 0 Å². The number of carbonyl (C=O) groups excluding carboxylic acids is 1. The highest BCUT2D eigenvalue weighted by Crippen LogP contribution is 2.12. The minimum atomic E-state index is -0.0893. The van der Waals surface area contributed by atoms with Gasteiger partial charge in [-0.1, -0.05) is 0 Å². The number of anilines is 1. The van der Waals surface area contributed by atoms with Crippen molar-refractivity contribution in [3.8, 4) is 5.75 Å². The summed E-state index contributed by atoms with van der Waals surface area (Å²) in [5.74, 6) is 0.565. The van der Waals surface area contributed by atoms with Gasteiger partial charge in [-0.25, -0.2) is 0 Å². The van der Waals surface area contributed by atoms with Crippen LogP contribution in [0.2, 0.25) is 0 Å². The Labute approximate surface area is 120 Å². The second-order valence-corrected chi connectivity index (χ2v) is 5.33. The molecule has 1 aromatic rings. The fraction of sp³-hybridized carbons (Fsp3) is 0.533. The molecule has 110 valence electrons. The highest BCUT2D eigenvalue weighted by atomic mass is 16.5. The Kier molecular flexibility index (Phi) is 5.24. The van der Waals surface area contributed by atoms with E-state index in [1.165, 1.54) is 12.8 Å². The molecule has 1 aliphatic rings. The molecule has 1 aromatic carbocycles. The van der Waals surface area contributed by atoms with Crippen LogP contribution in [-0.2, 0) is 4.79 Å². The molecule has 1 heterocycles. The Morgan fingerprint density at radius 3 is 2.65 bits per heavy atom. The van der Waals surface area contributed by atoms with Gasteiger partial charge in [0.05, 0.1) is 0 Å². The lowest BCUT2D eigenvalue weighted by molar-refractivity contribution is -0.123. The van der Waals surface area contributed by atoms with Crippen LogP contribution in [0.5, 0.6) is 5.75 Å². The number of rotatable bonds is 6. The predicted molar refractivity (Wildman–Crippen MR) is 79.6 cm³/mol. The van der Waals surface area contributed by atoms with Gasteiger partial charge in [0, 0.05) is 18.3 Å². The monoisotopic (exact) mass is 277 g/mol. The van der Waals surface area contributed by atoms with E-state index in [4.69, 9.17) is 10.5 Å². The fourth-order valence-corrected chi connectivity index (χ4v) is 2.43. The number of benzene rings is 1. The summed E-state index contributed by atoms with van der Waals surface area (Å²) in [6.07, 6.45) is 2.53. The van der Waals surface area contributed by atoms with E-state index in [0.717, 1.165) is 19.6 Å². The van der Waals surface area contributed by atoms with E-state index in [-0.39, 0.29) is 18.6 Å². The third kappa shape index (κ3) is 4.74. The summed E-state index contributed by atoms with van der Waals surface area (Å²) in [4.78, 5) is 14.2. The molecule has 0 spiro atoms. The maximum atomic E-state index is 11.8. The van der Waals surface area contributed by atoms with E-state index in [1.54, 1.807) is 24.3 Å². The van der Waals surface area contributed by atoms with Crippen molar-refractivity contribution in [3.05, 3.63) is 24.3 Å². The SMILES string of the molecule is CC(CN1CCCC1)NC(=O)COc1ccc(N)cc1. The van der Waals surface area contributed by atoms with Crippen molar-refractivity contribution in [1.82, 2.24) is 10.2 Å². The van der Waals surface area contributed by atoms with E-state index >= 15 is 0 Å². The Balaban J connectivity index is 1.67.